The molecule has 4 heterocycles. The van der Waals surface area contributed by atoms with E-state index in [1.807, 2.05) is 84.9 Å². The quantitative estimate of drug-likeness (QED) is 0.423. The summed E-state index contributed by atoms with van der Waals surface area (Å²) in [6.45, 7) is 3.97. The van der Waals surface area contributed by atoms with Gasteiger partial charge in [-0.15, -0.1) is 11.3 Å². The van der Waals surface area contributed by atoms with Crippen LogP contribution in [0.2, 0.25) is 0 Å². The highest BCUT2D eigenvalue weighted by molar-refractivity contribution is 7.12. The minimum absolute atomic E-state index is 0.102. The van der Waals surface area contributed by atoms with Gasteiger partial charge in [0.1, 0.15) is 6.04 Å². The molecule has 2 saturated heterocycles. The predicted molar refractivity (Wildman–Crippen MR) is 128 cm³/mol. The Morgan fingerprint density at radius 1 is 0.909 bits per heavy atom. The van der Waals surface area contributed by atoms with Crippen molar-refractivity contribution in [3.63, 3.8) is 0 Å². The number of carbonyl (C=O) groups is 3. The molecule has 3 aliphatic rings. The van der Waals surface area contributed by atoms with Gasteiger partial charge in [0.2, 0.25) is 11.8 Å². The first-order chi connectivity index (χ1) is 16.0. The number of thiophene rings is 1. The third-order valence-corrected chi connectivity index (χ3v) is 8.13. The largest absolute Gasteiger partial charge is 0.358 e. The zero-order chi connectivity index (χ0) is 22.9. The van der Waals surface area contributed by atoms with Crippen molar-refractivity contribution in [1.82, 2.24) is 4.90 Å². The molecule has 0 N–H and O–H groups in total. The Labute approximate surface area is 195 Å². The van der Waals surface area contributed by atoms with Gasteiger partial charge in [0, 0.05) is 6.20 Å². The Hall–Kier alpha value is -3.51. The molecule has 0 aliphatic carbocycles. The van der Waals surface area contributed by atoms with Crippen LogP contribution < -0.4 is 4.90 Å². The number of rotatable bonds is 3. The highest BCUT2D eigenvalue weighted by atomic mass is 32.1. The van der Waals surface area contributed by atoms with E-state index in [2.05, 4.69) is 0 Å². The number of carbonyl (C=O) groups excluding carboxylic acids is 3. The van der Waals surface area contributed by atoms with Gasteiger partial charge in [0.25, 0.3) is 0 Å². The van der Waals surface area contributed by atoms with Gasteiger partial charge in [-0.25, -0.2) is 4.90 Å². The normalized spacial score (nSPS) is 25.3. The van der Waals surface area contributed by atoms with Crippen LogP contribution in [0, 0.1) is 25.7 Å². The number of benzene rings is 2. The van der Waals surface area contributed by atoms with Crippen LogP contribution in [0.1, 0.15) is 38.0 Å². The summed E-state index contributed by atoms with van der Waals surface area (Å²) < 4.78 is 0. The van der Waals surface area contributed by atoms with Gasteiger partial charge in [-0.1, -0.05) is 36.4 Å². The monoisotopic (exact) mass is 454 g/mol. The van der Waals surface area contributed by atoms with Gasteiger partial charge in [0.05, 0.1) is 28.4 Å². The molecule has 2 fully saturated rings. The minimum Gasteiger partial charge on any atom is -0.358 e. The molecule has 0 bridgehead atoms. The number of hydrogen-bond donors (Lipinski definition) is 0. The summed E-state index contributed by atoms with van der Waals surface area (Å²) in [7, 11) is 0. The van der Waals surface area contributed by atoms with Crippen LogP contribution in [0.25, 0.3) is 6.08 Å². The Bertz CT molecular complexity index is 1340. The number of hydrogen-bond acceptors (Lipinski definition) is 5. The number of Topliss-reactive ketones (excluding diaryl/α,β-unsaturated/α-hetero) is 1. The second-order valence-corrected chi connectivity index (χ2v) is 9.90. The number of imide groups is 1. The van der Waals surface area contributed by atoms with Crippen LogP contribution in [0.4, 0.5) is 5.69 Å². The minimum atomic E-state index is -0.727. The Morgan fingerprint density at radius 3 is 2.45 bits per heavy atom. The van der Waals surface area contributed by atoms with Crippen molar-refractivity contribution in [2.45, 2.75) is 25.9 Å². The van der Waals surface area contributed by atoms with Gasteiger partial charge in [-0.3, -0.25) is 14.4 Å². The van der Waals surface area contributed by atoms with Crippen LogP contribution in [0.15, 0.2) is 66.2 Å². The van der Waals surface area contributed by atoms with E-state index in [0.717, 1.165) is 22.3 Å². The number of fused-ring (bicyclic) bond motifs is 5. The lowest BCUT2D eigenvalue weighted by atomic mass is 9.84. The molecule has 33 heavy (non-hydrogen) atoms. The Kier molecular flexibility index (Phi) is 4.42. The van der Waals surface area contributed by atoms with E-state index in [0.29, 0.717) is 10.6 Å². The van der Waals surface area contributed by atoms with Crippen molar-refractivity contribution >= 4 is 40.7 Å². The molecule has 2 aromatic carbocycles. The van der Waals surface area contributed by atoms with E-state index in [4.69, 9.17) is 0 Å². The van der Waals surface area contributed by atoms with Crippen LogP contribution in [0.5, 0.6) is 0 Å². The summed E-state index contributed by atoms with van der Waals surface area (Å²) in [6.07, 6.45) is 3.86. The lowest BCUT2D eigenvalue weighted by Crippen LogP contribution is -2.44. The van der Waals surface area contributed by atoms with Crippen molar-refractivity contribution in [3.8, 4) is 0 Å². The van der Waals surface area contributed by atoms with Crippen molar-refractivity contribution in [2.75, 3.05) is 4.90 Å². The second kappa shape index (κ2) is 7.25. The topological polar surface area (TPSA) is 57.7 Å². The first-order valence-electron chi connectivity index (χ1n) is 11.0. The van der Waals surface area contributed by atoms with Crippen LogP contribution in [-0.2, 0) is 9.59 Å². The molecule has 1 aromatic heterocycles. The molecular formula is C27H22N2O3S. The number of anilines is 1. The molecule has 0 saturated carbocycles. The fourth-order valence-electron chi connectivity index (χ4n) is 5.54. The summed E-state index contributed by atoms with van der Waals surface area (Å²) in [6, 6.07) is 16.1. The van der Waals surface area contributed by atoms with Crippen molar-refractivity contribution in [2.24, 2.45) is 11.8 Å². The molecule has 164 valence electrons. The molecule has 6 rings (SSSR count). The average molecular weight is 455 g/mol. The van der Waals surface area contributed by atoms with E-state index in [1.54, 1.807) is 6.07 Å². The summed E-state index contributed by atoms with van der Waals surface area (Å²) in [4.78, 5) is 45.2. The average Bonchev–Trinajstić information content (AvgIpc) is 3.52. The van der Waals surface area contributed by atoms with E-state index >= 15 is 0 Å². The van der Waals surface area contributed by atoms with Gasteiger partial charge >= 0.3 is 0 Å². The standard InChI is InChI=1S/C27H22N2O3S/c1-15-9-10-18(14-16(15)2)29-26(31)21-22(27(29)32)24(25(30)20-8-5-13-33-20)28-12-11-17-6-3-4-7-19(17)23(21)28/h3-14,21-24H,1-2H3/t21-,22-,23+,24+/m1/s1. The fourth-order valence-corrected chi connectivity index (χ4v) is 6.24. The molecule has 5 nitrogen and oxygen atoms in total. The lowest BCUT2D eigenvalue weighted by molar-refractivity contribution is -0.123. The molecule has 0 spiro atoms. The molecule has 0 radical (unpaired) electrons. The van der Waals surface area contributed by atoms with Crippen LogP contribution >= 0.6 is 11.3 Å². The highest BCUT2D eigenvalue weighted by Crippen LogP contribution is 2.53. The third-order valence-electron chi connectivity index (χ3n) is 7.24. The molecule has 3 aromatic rings. The van der Waals surface area contributed by atoms with E-state index < -0.39 is 17.9 Å². The number of ketones is 1. The van der Waals surface area contributed by atoms with E-state index in [-0.39, 0.29) is 23.6 Å². The zero-order valence-electron chi connectivity index (χ0n) is 18.3. The number of amides is 2. The Morgan fingerprint density at radius 2 is 1.70 bits per heavy atom. The zero-order valence-corrected chi connectivity index (χ0v) is 19.1. The maximum atomic E-state index is 13.9. The fraction of sp³-hybridized carbons (Fsp3) is 0.222. The maximum Gasteiger partial charge on any atom is 0.240 e. The lowest BCUT2D eigenvalue weighted by Gasteiger charge is -2.35. The SMILES string of the molecule is Cc1ccc(N2C(=O)[C@@H]3[C@@H](C2=O)[C@@H]2c4ccccc4C=CN2[C@@H]3C(=O)c2cccs2)cc1C. The highest BCUT2D eigenvalue weighted by Gasteiger charge is 2.64. The first-order valence-corrected chi connectivity index (χ1v) is 11.9. The first kappa shape index (κ1) is 20.1. The van der Waals surface area contributed by atoms with Gasteiger partial charge < -0.3 is 4.90 Å². The van der Waals surface area contributed by atoms with Gasteiger partial charge in [-0.2, -0.15) is 0 Å². The predicted octanol–water partition coefficient (Wildman–Crippen LogP) is 4.76. The van der Waals surface area contributed by atoms with Gasteiger partial charge in [0.15, 0.2) is 5.78 Å². The summed E-state index contributed by atoms with van der Waals surface area (Å²) in [5.74, 6) is -1.96. The van der Waals surface area contributed by atoms with Crippen LogP contribution in [0.3, 0.4) is 0 Å². The van der Waals surface area contributed by atoms with E-state index in [9.17, 15) is 14.4 Å². The van der Waals surface area contributed by atoms with Gasteiger partial charge in [-0.05, 0) is 65.8 Å². The van der Waals surface area contributed by atoms with E-state index in [1.165, 1.54) is 16.2 Å². The third kappa shape index (κ3) is 2.80. The smallest absolute Gasteiger partial charge is 0.240 e. The summed E-state index contributed by atoms with van der Waals surface area (Å²) in [5, 5.41) is 1.86. The van der Waals surface area contributed by atoms with Crippen molar-refractivity contribution in [3.05, 3.63) is 93.3 Å². The molecule has 4 atom stereocenters. The molecular weight excluding hydrogens is 432 g/mol. The molecule has 0 unspecified atom stereocenters. The molecule has 6 heteroatoms. The van der Waals surface area contributed by atoms with Crippen molar-refractivity contribution in [1.29, 1.82) is 0 Å². The summed E-state index contributed by atoms with van der Waals surface area (Å²) in [5.41, 5.74) is 4.70. The second-order valence-electron chi connectivity index (χ2n) is 8.96. The molecule has 3 aliphatic heterocycles. The maximum absolute atomic E-state index is 13.9. The number of nitrogens with zero attached hydrogens (tertiary/aromatic N) is 2. The summed E-state index contributed by atoms with van der Waals surface area (Å²) >= 11 is 1.37. The Balaban J connectivity index is 1.51. The van der Waals surface area contributed by atoms with Crippen molar-refractivity contribution < 1.29 is 14.4 Å². The number of aryl methyl sites for hydroxylation is 2. The molecule has 2 amide bonds. The van der Waals surface area contributed by atoms with Crippen LogP contribution in [-0.4, -0.2) is 28.5 Å².